The van der Waals surface area contributed by atoms with E-state index in [9.17, 15) is 4.79 Å². The molecule has 1 atom stereocenters. The zero-order chi connectivity index (χ0) is 11.7. The predicted molar refractivity (Wildman–Crippen MR) is 59.1 cm³/mol. The van der Waals surface area contributed by atoms with Crippen LogP contribution < -0.4 is 5.32 Å². The van der Waals surface area contributed by atoms with E-state index >= 15 is 0 Å². The summed E-state index contributed by atoms with van der Waals surface area (Å²) >= 11 is 0. The van der Waals surface area contributed by atoms with E-state index in [1.54, 1.807) is 6.20 Å². The maximum atomic E-state index is 11.8. The number of nitrogens with zero attached hydrogens (tertiary/aromatic N) is 3. The molecule has 0 radical (unpaired) electrons. The smallest absolute Gasteiger partial charge is 0.273 e. The van der Waals surface area contributed by atoms with Gasteiger partial charge >= 0.3 is 0 Å². The monoisotopic (exact) mass is 229 g/mol. The van der Waals surface area contributed by atoms with Gasteiger partial charge in [0.05, 0.1) is 17.9 Å². The first kappa shape index (κ1) is 9.95. The van der Waals surface area contributed by atoms with Crippen molar-refractivity contribution in [1.82, 2.24) is 25.7 Å². The fraction of sp³-hybridized carbons (Fsp3) is 0.273. The van der Waals surface area contributed by atoms with Gasteiger partial charge in [-0.3, -0.25) is 9.78 Å². The molecule has 0 fully saturated rings. The summed E-state index contributed by atoms with van der Waals surface area (Å²) in [6.07, 6.45) is 4.99. The molecule has 1 amide bonds. The van der Waals surface area contributed by atoms with Crippen molar-refractivity contribution in [3.63, 3.8) is 0 Å². The Hall–Kier alpha value is -2.24. The lowest BCUT2D eigenvalue weighted by Gasteiger charge is -2.11. The van der Waals surface area contributed by atoms with Gasteiger partial charge in [0.1, 0.15) is 0 Å². The Morgan fingerprint density at radius 2 is 2.47 bits per heavy atom. The fourth-order valence-corrected chi connectivity index (χ4v) is 2.10. The molecule has 1 aliphatic rings. The molecule has 2 aromatic heterocycles. The van der Waals surface area contributed by atoms with Gasteiger partial charge in [-0.05, 0) is 24.5 Å². The van der Waals surface area contributed by atoms with Crippen LogP contribution in [0.15, 0.2) is 24.5 Å². The molecular weight excluding hydrogens is 218 g/mol. The second-order valence-corrected chi connectivity index (χ2v) is 3.97. The van der Waals surface area contributed by atoms with Crippen molar-refractivity contribution in [3.05, 3.63) is 41.5 Å². The van der Waals surface area contributed by atoms with Gasteiger partial charge in [-0.15, -0.1) is 0 Å². The molecule has 0 unspecified atom stereocenters. The van der Waals surface area contributed by atoms with Crippen molar-refractivity contribution in [2.75, 3.05) is 0 Å². The van der Waals surface area contributed by atoms with Crippen molar-refractivity contribution >= 4 is 5.91 Å². The van der Waals surface area contributed by atoms with Crippen molar-refractivity contribution in [2.45, 2.75) is 18.9 Å². The van der Waals surface area contributed by atoms with Gasteiger partial charge < -0.3 is 5.32 Å². The summed E-state index contributed by atoms with van der Waals surface area (Å²) in [5.74, 6) is -0.220. The molecule has 3 rings (SSSR count). The number of carbonyl (C=O) groups excluding carboxylic acids is 1. The van der Waals surface area contributed by atoms with Crippen LogP contribution in [0.2, 0.25) is 0 Å². The Labute approximate surface area is 97.5 Å². The summed E-state index contributed by atoms with van der Waals surface area (Å²) in [4.78, 5) is 16.1. The number of rotatable bonds is 2. The Balaban J connectivity index is 1.78. The summed E-state index contributed by atoms with van der Waals surface area (Å²) < 4.78 is 0. The predicted octanol–water partition coefficient (Wildman–Crippen LogP) is 0.617. The number of aromatic amines is 1. The van der Waals surface area contributed by atoms with Gasteiger partial charge in [-0.2, -0.15) is 15.4 Å². The van der Waals surface area contributed by atoms with Gasteiger partial charge in [-0.25, -0.2) is 0 Å². The normalized spacial score (nSPS) is 17.8. The zero-order valence-corrected chi connectivity index (χ0v) is 9.05. The van der Waals surface area contributed by atoms with Crippen LogP contribution in [0.3, 0.4) is 0 Å². The summed E-state index contributed by atoms with van der Waals surface area (Å²) in [7, 11) is 0. The maximum absolute atomic E-state index is 11.8. The highest BCUT2D eigenvalue weighted by Gasteiger charge is 2.25. The standard InChI is InChI=1S/C11H11N5O/c17-11(9-6-13-16-15-9)14-8-4-3-7-2-1-5-12-10(7)8/h1-2,5-6,8H,3-4H2,(H,14,17)(H,13,15,16)/t8-/m0/s1. The highest BCUT2D eigenvalue weighted by atomic mass is 16.2. The highest BCUT2D eigenvalue weighted by molar-refractivity contribution is 5.92. The van der Waals surface area contributed by atoms with E-state index in [2.05, 4.69) is 25.7 Å². The topological polar surface area (TPSA) is 83.6 Å². The third kappa shape index (κ3) is 1.77. The first-order chi connectivity index (χ1) is 8.34. The molecule has 0 aromatic carbocycles. The molecule has 2 aromatic rings. The lowest BCUT2D eigenvalue weighted by molar-refractivity contribution is 0.0931. The van der Waals surface area contributed by atoms with Crippen molar-refractivity contribution in [3.8, 4) is 0 Å². The van der Waals surface area contributed by atoms with Crippen LogP contribution in [0.1, 0.15) is 34.2 Å². The Bertz CT molecular complexity index is 537. The van der Waals surface area contributed by atoms with Gasteiger partial charge in [0.2, 0.25) is 0 Å². The van der Waals surface area contributed by atoms with Gasteiger partial charge in [0, 0.05) is 6.20 Å². The molecule has 1 aliphatic carbocycles. The number of nitrogens with one attached hydrogen (secondary N) is 2. The third-order valence-electron chi connectivity index (χ3n) is 2.91. The molecule has 86 valence electrons. The Morgan fingerprint density at radius 1 is 1.53 bits per heavy atom. The first-order valence-corrected chi connectivity index (χ1v) is 5.45. The Kier molecular flexibility index (Phi) is 2.32. The minimum absolute atomic E-state index is 0.0181. The molecule has 17 heavy (non-hydrogen) atoms. The van der Waals surface area contributed by atoms with Crippen molar-refractivity contribution in [1.29, 1.82) is 0 Å². The van der Waals surface area contributed by atoms with E-state index in [0.29, 0.717) is 5.69 Å². The number of H-pyrrole nitrogens is 1. The summed E-state index contributed by atoms with van der Waals surface area (Å²) in [5.41, 5.74) is 2.47. The molecule has 0 aliphatic heterocycles. The largest absolute Gasteiger partial charge is 0.342 e. The average Bonchev–Trinajstić information content (AvgIpc) is 2.98. The fourth-order valence-electron chi connectivity index (χ4n) is 2.10. The quantitative estimate of drug-likeness (QED) is 0.790. The summed E-state index contributed by atoms with van der Waals surface area (Å²) in [5, 5.41) is 12.7. The Morgan fingerprint density at radius 3 is 3.29 bits per heavy atom. The van der Waals surface area contributed by atoms with Crippen LogP contribution in [0.25, 0.3) is 0 Å². The van der Waals surface area contributed by atoms with Crippen molar-refractivity contribution in [2.24, 2.45) is 0 Å². The van der Waals surface area contributed by atoms with E-state index in [4.69, 9.17) is 0 Å². The number of amides is 1. The number of carbonyl (C=O) groups is 1. The molecule has 0 spiro atoms. The van der Waals surface area contributed by atoms with Crippen LogP contribution in [-0.4, -0.2) is 26.3 Å². The molecule has 0 saturated heterocycles. The highest BCUT2D eigenvalue weighted by Crippen LogP contribution is 2.28. The molecule has 6 heteroatoms. The molecular formula is C11H11N5O. The van der Waals surface area contributed by atoms with Gasteiger partial charge in [0.25, 0.3) is 5.91 Å². The van der Waals surface area contributed by atoms with Crippen LogP contribution in [0.4, 0.5) is 0 Å². The lowest BCUT2D eigenvalue weighted by atomic mass is 10.2. The number of aryl methyl sites for hydroxylation is 1. The van der Waals surface area contributed by atoms with Crippen LogP contribution in [-0.2, 0) is 6.42 Å². The summed E-state index contributed by atoms with van der Waals surface area (Å²) in [6, 6.07) is 3.95. The van der Waals surface area contributed by atoms with Gasteiger partial charge in [-0.1, -0.05) is 6.07 Å². The SMILES string of the molecule is O=C(N[C@H]1CCc2cccnc21)c1cn[nH]n1. The molecule has 6 nitrogen and oxygen atoms in total. The second-order valence-electron chi connectivity index (χ2n) is 3.97. The molecule has 2 N–H and O–H groups in total. The number of hydrogen-bond donors (Lipinski definition) is 2. The van der Waals surface area contributed by atoms with Crippen molar-refractivity contribution < 1.29 is 4.79 Å². The molecule has 0 bridgehead atoms. The summed E-state index contributed by atoms with van der Waals surface area (Å²) in [6.45, 7) is 0. The van der Waals surface area contributed by atoms with E-state index in [1.165, 1.54) is 11.8 Å². The van der Waals surface area contributed by atoms with Gasteiger partial charge in [0.15, 0.2) is 5.69 Å². The van der Waals surface area contributed by atoms with Crippen LogP contribution in [0.5, 0.6) is 0 Å². The van der Waals surface area contributed by atoms with E-state index < -0.39 is 0 Å². The third-order valence-corrected chi connectivity index (χ3v) is 2.91. The molecule has 0 saturated carbocycles. The van der Waals surface area contributed by atoms with Crippen LogP contribution >= 0.6 is 0 Å². The maximum Gasteiger partial charge on any atom is 0.273 e. The number of aromatic nitrogens is 4. The molecule has 2 heterocycles. The zero-order valence-electron chi connectivity index (χ0n) is 9.05. The van der Waals surface area contributed by atoms with E-state index in [1.807, 2.05) is 12.1 Å². The average molecular weight is 229 g/mol. The number of fused-ring (bicyclic) bond motifs is 1. The lowest BCUT2D eigenvalue weighted by Crippen LogP contribution is -2.27. The first-order valence-electron chi connectivity index (χ1n) is 5.45. The number of pyridine rings is 1. The number of hydrogen-bond acceptors (Lipinski definition) is 4. The second kappa shape index (κ2) is 3.97. The minimum atomic E-state index is -0.220. The van der Waals surface area contributed by atoms with E-state index in [-0.39, 0.29) is 11.9 Å². The van der Waals surface area contributed by atoms with E-state index in [0.717, 1.165) is 18.5 Å². The minimum Gasteiger partial charge on any atom is -0.342 e. The van der Waals surface area contributed by atoms with Crippen LogP contribution in [0, 0.1) is 0 Å².